The normalized spacial score (nSPS) is 17.5. The smallest absolute Gasteiger partial charge is 0.274 e. The number of carbonyl (C=O) groups excluding carboxylic acids is 1. The van der Waals surface area contributed by atoms with Crippen molar-refractivity contribution < 1.29 is 9.32 Å². The third-order valence-corrected chi connectivity index (χ3v) is 5.22. The van der Waals surface area contributed by atoms with Gasteiger partial charge in [0.2, 0.25) is 0 Å². The Morgan fingerprint density at radius 1 is 1.27 bits per heavy atom. The summed E-state index contributed by atoms with van der Waals surface area (Å²) in [6.45, 7) is 5.02. The van der Waals surface area contributed by atoms with Crippen LogP contribution in [0.25, 0.3) is 10.6 Å². The van der Waals surface area contributed by atoms with Gasteiger partial charge >= 0.3 is 0 Å². The lowest BCUT2D eigenvalue weighted by molar-refractivity contribution is 0.0699. The minimum absolute atomic E-state index is 0.0950. The number of rotatable bonds is 3. The van der Waals surface area contributed by atoms with Crippen LogP contribution in [-0.4, -0.2) is 48.6 Å². The van der Waals surface area contributed by atoms with Gasteiger partial charge in [-0.05, 0) is 38.2 Å². The molecule has 3 aromatic heterocycles. The molecular formula is C17H18N6O2S. The molecule has 4 heterocycles. The predicted octanol–water partition coefficient (Wildman–Crippen LogP) is 2.62. The molecule has 0 saturated carbocycles. The monoisotopic (exact) mass is 370 g/mol. The Morgan fingerprint density at radius 2 is 2.15 bits per heavy atom. The second kappa shape index (κ2) is 6.91. The minimum atomic E-state index is -0.0950. The van der Waals surface area contributed by atoms with E-state index in [-0.39, 0.29) is 11.8 Å². The number of likely N-dealkylation sites (tertiary alicyclic amines) is 1. The Balaban J connectivity index is 1.55. The average Bonchev–Trinajstić information content (AvgIpc) is 3.30. The quantitative estimate of drug-likeness (QED) is 0.699. The number of aryl methyl sites for hydroxylation is 2. The molecule has 0 aliphatic carbocycles. The third-order valence-electron chi connectivity index (χ3n) is 4.46. The van der Waals surface area contributed by atoms with Gasteiger partial charge in [0.25, 0.3) is 5.91 Å². The largest absolute Gasteiger partial charge is 0.355 e. The standard InChI is InChI=1S/C17H18N6O2S/c1-10-6-14(25-21-10)16-15(20-22-26-16)12-4-3-5-23(9-12)17(24)13-8-18-11(2)7-19-13/h6-8,12H,3-5,9H2,1-2H3. The molecule has 26 heavy (non-hydrogen) atoms. The van der Waals surface area contributed by atoms with E-state index in [2.05, 4.69) is 24.7 Å². The number of piperidine rings is 1. The van der Waals surface area contributed by atoms with Crippen molar-refractivity contribution in [2.24, 2.45) is 0 Å². The van der Waals surface area contributed by atoms with Crippen molar-refractivity contribution in [3.05, 3.63) is 41.2 Å². The first-order chi connectivity index (χ1) is 12.6. The minimum Gasteiger partial charge on any atom is -0.355 e. The fraction of sp³-hybridized carbons (Fsp3) is 0.412. The van der Waals surface area contributed by atoms with Crippen LogP contribution in [0.5, 0.6) is 0 Å². The Kier molecular flexibility index (Phi) is 4.46. The summed E-state index contributed by atoms with van der Waals surface area (Å²) in [6, 6.07) is 1.88. The van der Waals surface area contributed by atoms with E-state index >= 15 is 0 Å². The maximum Gasteiger partial charge on any atom is 0.274 e. The Hall–Kier alpha value is -2.68. The van der Waals surface area contributed by atoms with Crippen LogP contribution in [0.3, 0.4) is 0 Å². The van der Waals surface area contributed by atoms with E-state index in [1.165, 1.54) is 17.7 Å². The second-order valence-corrected chi connectivity index (χ2v) is 7.21. The molecule has 0 spiro atoms. The summed E-state index contributed by atoms with van der Waals surface area (Å²) >= 11 is 1.30. The molecule has 1 saturated heterocycles. The van der Waals surface area contributed by atoms with Crippen LogP contribution in [0.2, 0.25) is 0 Å². The number of hydrogen-bond acceptors (Lipinski definition) is 8. The third kappa shape index (κ3) is 3.22. The van der Waals surface area contributed by atoms with Crippen molar-refractivity contribution in [3.63, 3.8) is 0 Å². The highest BCUT2D eigenvalue weighted by atomic mass is 32.1. The van der Waals surface area contributed by atoms with Crippen LogP contribution >= 0.6 is 11.5 Å². The lowest BCUT2D eigenvalue weighted by Gasteiger charge is -2.31. The van der Waals surface area contributed by atoms with E-state index in [9.17, 15) is 4.79 Å². The zero-order chi connectivity index (χ0) is 18.1. The van der Waals surface area contributed by atoms with Crippen molar-refractivity contribution in [2.75, 3.05) is 13.1 Å². The van der Waals surface area contributed by atoms with Gasteiger partial charge in [0.15, 0.2) is 5.76 Å². The zero-order valence-electron chi connectivity index (χ0n) is 14.5. The number of hydrogen-bond donors (Lipinski definition) is 0. The Labute approximate surface area is 154 Å². The van der Waals surface area contributed by atoms with Gasteiger partial charge in [0.05, 0.1) is 23.3 Å². The van der Waals surface area contributed by atoms with Crippen LogP contribution in [0, 0.1) is 13.8 Å². The number of aromatic nitrogens is 5. The average molecular weight is 370 g/mol. The second-order valence-electron chi connectivity index (χ2n) is 6.45. The summed E-state index contributed by atoms with van der Waals surface area (Å²) in [7, 11) is 0. The van der Waals surface area contributed by atoms with Crippen LogP contribution in [0.15, 0.2) is 23.0 Å². The van der Waals surface area contributed by atoms with Crippen molar-refractivity contribution in [2.45, 2.75) is 32.6 Å². The fourth-order valence-electron chi connectivity index (χ4n) is 3.16. The SMILES string of the molecule is Cc1cnc(C(=O)N2CCCC(c3nnsc3-c3cc(C)no3)C2)cn1. The van der Waals surface area contributed by atoms with Gasteiger partial charge in [0, 0.05) is 31.3 Å². The zero-order valence-corrected chi connectivity index (χ0v) is 15.4. The Morgan fingerprint density at radius 3 is 2.88 bits per heavy atom. The van der Waals surface area contributed by atoms with Crippen LogP contribution in [-0.2, 0) is 0 Å². The number of amides is 1. The van der Waals surface area contributed by atoms with Crippen molar-refractivity contribution in [1.82, 2.24) is 29.6 Å². The van der Waals surface area contributed by atoms with Crippen LogP contribution in [0.1, 0.15) is 46.3 Å². The van der Waals surface area contributed by atoms with Gasteiger partial charge in [-0.25, -0.2) is 4.98 Å². The molecule has 1 fully saturated rings. The predicted molar refractivity (Wildman–Crippen MR) is 94.8 cm³/mol. The van der Waals surface area contributed by atoms with E-state index in [1.807, 2.05) is 24.8 Å². The summed E-state index contributed by atoms with van der Waals surface area (Å²) in [6.07, 6.45) is 5.01. The highest BCUT2D eigenvalue weighted by Gasteiger charge is 2.30. The number of carbonyl (C=O) groups is 1. The van der Waals surface area contributed by atoms with E-state index < -0.39 is 0 Å². The maximum atomic E-state index is 12.7. The van der Waals surface area contributed by atoms with Crippen molar-refractivity contribution in [1.29, 1.82) is 0 Å². The number of nitrogens with zero attached hydrogens (tertiary/aromatic N) is 6. The van der Waals surface area contributed by atoms with E-state index in [4.69, 9.17) is 4.52 Å². The van der Waals surface area contributed by atoms with Crippen LogP contribution < -0.4 is 0 Å². The molecule has 1 aliphatic rings. The van der Waals surface area contributed by atoms with Gasteiger partial charge < -0.3 is 9.42 Å². The highest BCUT2D eigenvalue weighted by Crippen LogP contribution is 2.35. The topological polar surface area (TPSA) is 97.9 Å². The molecule has 0 radical (unpaired) electrons. The van der Waals surface area contributed by atoms with E-state index in [0.29, 0.717) is 24.5 Å². The van der Waals surface area contributed by atoms with Gasteiger partial charge in [0.1, 0.15) is 10.6 Å². The van der Waals surface area contributed by atoms with Crippen molar-refractivity contribution in [3.8, 4) is 10.6 Å². The molecule has 1 aliphatic heterocycles. The molecule has 1 unspecified atom stereocenters. The van der Waals surface area contributed by atoms with Gasteiger partial charge in [-0.2, -0.15) is 0 Å². The molecule has 8 nitrogen and oxygen atoms in total. The molecule has 0 aromatic carbocycles. The molecule has 4 rings (SSSR count). The molecule has 1 amide bonds. The van der Waals surface area contributed by atoms with Gasteiger partial charge in [-0.3, -0.25) is 9.78 Å². The van der Waals surface area contributed by atoms with Crippen LogP contribution in [0.4, 0.5) is 0 Å². The van der Waals surface area contributed by atoms with Crippen molar-refractivity contribution >= 4 is 17.4 Å². The summed E-state index contributed by atoms with van der Waals surface area (Å²) in [4.78, 5) is 23.8. The Bertz CT molecular complexity index is 919. The lowest BCUT2D eigenvalue weighted by Crippen LogP contribution is -2.39. The first-order valence-corrected chi connectivity index (χ1v) is 9.23. The van der Waals surface area contributed by atoms with Gasteiger partial charge in [-0.15, -0.1) is 5.10 Å². The molecular weight excluding hydrogens is 352 g/mol. The molecule has 0 bridgehead atoms. The van der Waals surface area contributed by atoms with Gasteiger partial charge in [-0.1, -0.05) is 9.64 Å². The maximum absolute atomic E-state index is 12.7. The van der Waals surface area contributed by atoms with E-state index in [1.54, 1.807) is 6.20 Å². The first kappa shape index (κ1) is 16.8. The molecule has 134 valence electrons. The molecule has 3 aromatic rings. The fourth-order valence-corrected chi connectivity index (χ4v) is 3.85. The molecule has 0 N–H and O–H groups in total. The molecule has 9 heteroatoms. The molecule has 1 atom stereocenters. The summed E-state index contributed by atoms with van der Waals surface area (Å²) in [5, 5.41) is 8.26. The summed E-state index contributed by atoms with van der Waals surface area (Å²) in [5.41, 5.74) is 2.86. The highest BCUT2D eigenvalue weighted by molar-refractivity contribution is 7.09. The van der Waals surface area contributed by atoms with E-state index in [0.717, 1.165) is 34.8 Å². The lowest BCUT2D eigenvalue weighted by atomic mass is 9.93. The summed E-state index contributed by atoms with van der Waals surface area (Å²) in [5.74, 6) is 0.702. The summed E-state index contributed by atoms with van der Waals surface area (Å²) < 4.78 is 9.48. The first-order valence-electron chi connectivity index (χ1n) is 8.45.